The van der Waals surface area contributed by atoms with E-state index in [9.17, 15) is 4.79 Å². The van der Waals surface area contributed by atoms with Crippen LogP contribution in [-0.2, 0) is 6.54 Å². The van der Waals surface area contributed by atoms with Gasteiger partial charge in [0.1, 0.15) is 11.2 Å². The first-order valence-corrected chi connectivity index (χ1v) is 9.44. The minimum Gasteiger partial charge on any atom is -0.461 e. The zero-order valence-corrected chi connectivity index (χ0v) is 15.5. The largest absolute Gasteiger partial charge is 0.461 e. The molecule has 1 atom stereocenters. The SMILES string of the molecule is CCn1nccc1C(=O)N1CC[C@H](n2c(-c3ccco3)nc3cccnc32)C1. The van der Waals surface area contributed by atoms with Gasteiger partial charge < -0.3 is 13.9 Å². The molecule has 8 heteroatoms. The number of furan rings is 1. The molecule has 0 aliphatic carbocycles. The van der Waals surface area contributed by atoms with E-state index < -0.39 is 0 Å². The summed E-state index contributed by atoms with van der Waals surface area (Å²) >= 11 is 0. The zero-order valence-electron chi connectivity index (χ0n) is 15.5. The fraction of sp³-hybridized carbons (Fsp3) is 0.300. The van der Waals surface area contributed by atoms with Gasteiger partial charge in [0, 0.05) is 32.0 Å². The van der Waals surface area contributed by atoms with Gasteiger partial charge in [-0.15, -0.1) is 0 Å². The van der Waals surface area contributed by atoms with E-state index in [1.165, 1.54) is 0 Å². The van der Waals surface area contributed by atoms with E-state index in [0.717, 1.165) is 23.4 Å². The normalized spacial score (nSPS) is 16.9. The van der Waals surface area contributed by atoms with Crippen molar-refractivity contribution in [2.45, 2.75) is 25.9 Å². The Balaban J connectivity index is 1.50. The van der Waals surface area contributed by atoms with E-state index in [0.29, 0.717) is 31.1 Å². The van der Waals surface area contributed by atoms with E-state index in [1.807, 2.05) is 36.1 Å². The molecule has 142 valence electrons. The number of imidazole rings is 1. The summed E-state index contributed by atoms with van der Waals surface area (Å²) in [6, 6.07) is 9.44. The smallest absolute Gasteiger partial charge is 0.272 e. The number of aryl methyl sites for hydroxylation is 1. The number of carbonyl (C=O) groups excluding carboxylic acids is 1. The highest BCUT2D eigenvalue weighted by Crippen LogP contribution is 2.32. The Kier molecular flexibility index (Phi) is 3.96. The predicted molar refractivity (Wildman–Crippen MR) is 103 cm³/mol. The van der Waals surface area contributed by atoms with Crippen molar-refractivity contribution in [3.05, 3.63) is 54.7 Å². The maximum Gasteiger partial charge on any atom is 0.272 e. The molecule has 0 bridgehead atoms. The first-order valence-electron chi connectivity index (χ1n) is 9.44. The number of likely N-dealkylation sites (tertiary alicyclic amines) is 1. The molecule has 5 heterocycles. The molecule has 8 nitrogen and oxygen atoms in total. The van der Waals surface area contributed by atoms with Gasteiger partial charge in [0.15, 0.2) is 17.2 Å². The molecule has 0 unspecified atom stereocenters. The Morgan fingerprint density at radius 3 is 3.00 bits per heavy atom. The standard InChI is InChI=1S/C20H20N6O2/c1-2-25-16(7-10-22-25)20(27)24-11-8-14(13-24)26-18-15(5-3-9-21-18)23-19(26)17-6-4-12-28-17/h3-7,9-10,12,14H,2,8,11,13H2,1H3/t14-/m0/s1. The Morgan fingerprint density at radius 1 is 1.25 bits per heavy atom. The van der Waals surface area contributed by atoms with Gasteiger partial charge in [-0.2, -0.15) is 5.10 Å². The molecule has 5 rings (SSSR count). The number of hydrogen-bond donors (Lipinski definition) is 0. The van der Waals surface area contributed by atoms with E-state index in [1.54, 1.807) is 29.4 Å². The molecule has 1 aliphatic rings. The van der Waals surface area contributed by atoms with Crippen LogP contribution in [-0.4, -0.2) is 48.2 Å². The molecule has 0 saturated carbocycles. The lowest BCUT2D eigenvalue weighted by Gasteiger charge is -2.18. The van der Waals surface area contributed by atoms with Gasteiger partial charge in [-0.1, -0.05) is 0 Å². The van der Waals surface area contributed by atoms with Crippen LogP contribution in [0.4, 0.5) is 0 Å². The monoisotopic (exact) mass is 376 g/mol. The molecule has 0 radical (unpaired) electrons. The third kappa shape index (κ3) is 2.60. The third-order valence-corrected chi connectivity index (χ3v) is 5.24. The summed E-state index contributed by atoms with van der Waals surface area (Å²) in [6.45, 7) is 3.94. The number of amides is 1. The van der Waals surface area contributed by atoms with Crippen LogP contribution in [0.1, 0.15) is 29.9 Å². The van der Waals surface area contributed by atoms with E-state index in [4.69, 9.17) is 9.40 Å². The Morgan fingerprint density at radius 2 is 2.18 bits per heavy atom. The molecule has 0 spiro atoms. The summed E-state index contributed by atoms with van der Waals surface area (Å²) in [5.41, 5.74) is 2.26. The lowest BCUT2D eigenvalue weighted by molar-refractivity contribution is 0.0775. The van der Waals surface area contributed by atoms with Crippen molar-refractivity contribution < 1.29 is 9.21 Å². The van der Waals surface area contributed by atoms with Crippen molar-refractivity contribution in [2.24, 2.45) is 0 Å². The van der Waals surface area contributed by atoms with Gasteiger partial charge in [0.25, 0.3) is 5.91 Å². The molecule has 1 amide bonds. The van der Waals surface area contributed by atoms with E-state index in [2.05, 4.69) is 14.6 Å². The zero-order chi connectivity index (χ0) is 19.1. The summed E-state index contributed by atoms with van der Waals surface area (Å²) in [7, 11) is 0. The molecule has 1 saturated heterocycles. The molecule has 0 aromatic carbocycles. The van der Waals surface area contributed by atoms with Crippen LogP contribution >= 0.6 is 0 Å². The van der Waals surface area contributed by atoms with Crippen LogP contribution in [0.5, 0.6) is 0 Å². The topological polar surface area (TPSA) is 82.0 Å². The number of carbonyl (C=O) groups is 1. The average molecular weight is 376 g/mol. The van der Waals surface area contributed by atoms with Crippen molar-refractivity contribution in [1.29, 1.82) is 0 Å². The highest BCUT2D eigenvalue weighted by atomic mass is 16.3. The first-order chi connectivity index (χ1) is 13.8. The summed E-state index contributed by atoms with van der Waals surface area (Å²) < 4.78 is 9.45. The summed E-state index contributed by atoms with van der Waals surface area (Å²) in [6.07, 6.45) is 5.92. The van der Waals surface area contributed by atoms with Crippen molar-refractivity contribution in [2.75, 3.05) is 13.1 Å². The quantitative estimate of drug-likeness (QED) is 0.547. The molecule has 4 aromatic rings. The van der Waals surface area contributed by atoms with Gasteiger partial charge in [-0.25, -0.2) is 9.97 Å². The van der Waals surface area contributed by atoms with Crippen LogP contribution in [0.3, 0.4) is 0 Å². The van der Waals surface area contributed by atoms with E-state index >= 15 is 0 Å². The van der Waals surface area contributed by atoms with Crippen LogP contribution in [0.15, 0.2) is 53.4 Å². The second-order valence-electron chi connectivity index (χ2n) is 6.85. The minimum absolute atomic E-state index is 0.0128. The Bertz CT molecular complexity index is 1130. The van der Waals surface area contributed by atoms with Crippen LogP contribution in [0.2, 0.25) is 0 Å². The van der Waals surface area contributed by atoms with Crippen LogP contribution in [0.25, 0.3) is 22.7 Å². The summed E-state index contributed by atoms with van der Waals surface area (Å²) in [5.74, 6) is 1.46. The number of hydrogen-bond acceptors (Lipinski definition) is 5. The Hall–Kier alpha value is -3.42. The van der Waals surface area contributed by atoms with Gasteiger partial charge in [-0.3, -0.25) is 9.48 Å². The number of pyridine rings is 1. The minimum atomic E-state index is 0.0128. The molecular formula is C20H20N6O2. The molecule has 28 heavy (non-hydrogen) atoms. The molecular weight excluding hydrogens is 356 g/mol. The van der Waals surface area contributed by atoms with E-state index in [-0.39, 0.29) is 11.9 Å². The second-order valence-corrected chi connectivity index (χ2v) is 6.85. The average Bonchev–Trinajstić information content (AvgIpc) is 3.52. The van der Waals surface area contributed by atoms with Crippen molar-refractivity contribution in [1.82, 2.24) is 29.2 Å². The lowest BCUT2D eigenvalue weighted by atomic mass is 10.2. The fourth-order valence-corrected chi connectivity index (χ4v) is 3.92. The third-order valence-electron chi connectivity index (χ3n) is 5.24. The molecule has 1 aliphatic heterocycles. The lowest BCUT2D eigenvalue weighted by Crippen LogP contribution is -2.31. The Labute approximate surface area is 161 Å². The number of nitrogens with zero attached hydrogens (tertiary/aromatic N) is 6. The van der Waals surface area contributed by atoms with Crippen LogP contribution in [0, 0.1) is 0 Å². The summed E-state index contributed by atoms with van der Waals surface area (Å²) in [5, 5.41) is 4.22. The van der Waals surface area contributed by atoms with Crippen molar-refractivity contribution in [3.8, 4) is 11.6 Å². The number of rotatable bonds is 4. The highest BCUT2D eigenvalue weighted by Gasteiger charge is 2.32. The first kappa shape index (κ1) is 16.7. The number of aromatic nitrogens is 5. The maximum absolute atomic E-state index is 13.0. The van der Waals surface area contributed by atoms with Gasteiger partial charge >= 0.3 is 0 Å². The molecule has 4 aromatic heterocycles. The predicted octanol–water partition coefficient (Wildman–Crippen LogP) is 2.99. The number of fused-ring (bicyclic) bond motifs is 1. The van der Waals surface area contributed by atoms with Gasteiger partial charge in [-0.05, 0) is 43.7 Å². The molecule has 0 N–H and O–H groups in total. The van der Waals surface area contributed by atoms with Gasteiger partial charge in [0.2, 0.25) is 0 Å². The second kappa shape index (κ2) is 6.63. The van der Waals surface area contributed by atoms with Crippen molar-refractivity contribution >= 4 is 17.1 Å². The molecule has 1 fully saturated rings. The van der Waals surface area contributed by atoms with Gasteiger partial charge in [0.05, 0.1) is 12.3 Å². The fourth-order valence-electron chi connectivity index (χ4n) is 3.92. The summed E-state index contributed by atoms with van der Waals surface area (Å²) in [4.78, 5) is 24.2. The van der Waals surface area contributed by atoms with Crippen molar-refractivity contribution in [3.63, 3.8) is 0 Å². The van der Waals surface area contributed by atoms with Crippen LogP contribution < -0.4 is 0 Å². The highest BCUT2D eigenvalue weighted by molar-refractivity contribution is 5.92. The maximum atomic E-state index is 13.0.